The van der Waals surface area contributed by atoms with Gasteiger partial charge in [0.25, 0.3) is 5.56 Å². The molecule has 0 bridgehead atoms. The second-order valence-corrected chi connectivity index (χ2v) is 11.0. The van der Waals surface area contributed by atoms with Crippen molar-refractivity contribution in [2.75, 3.05) is 37.6 Å². The molecule has 1 atom stereocenters. The Kier molecular flexibility index (Phi) is 6.85. The zero-order valence-electron chi connectivity index (χ0n) is 20.0. The Labute approximate surface area is 187 Å². The predicted molar refractivity (Wildman–Crippen MR) is 128 cm³/mol. The zero-order valence-corrected chi connectivity index (χ0v) is 20.0. The lowest BCUT2D eigenvalue weighted by molar-refractivity contribution is 0.325. The van der Waals surface area contributed by atoms with Gasteiger partial charge in [-0.05, 0) is 51.6 Å². The van der Waals surface area contributed by atoms with E-state index >= 15 is 0 Å². The van der Waals surface area contributed by atoms with Crippen molar-refractivity contribution in [3.63, 3.8) is 0 Å². The summed E-state index contributed by atoms with van der Waals surface area (Å²) in [5.74, 6) is 1.45. The molecule has 0 radical (unpaired) electrons. The van der Waals surface area contributed by atoms with Gasteiger partial charge in [-0.3, -0.25) is 14.8 Å². The van der Waals surface area contributed by atoms with Crippen molar-refractivity contribution < 1.29 is 0 Å². The van der Waals surface area contributed by atoms with Gasteiger partial charge in [0.05, 0.1) is 17.4 Å². The first kappa shape index (κ1) is 22.5. The van der Waals surface area contributed by atoms with E-state index in [9.17, 15) is 4.79 Å². The molecule has 0 aromatic carbocycles. The standard InChI is InChI=1S/C25H41N5O/c1-18-16-20-21(22(26-18)25(2,3)4)27-24(28-23(20)31)30(15-14-29-12-8-9-13-29)17-19-10-6-5-7-11-19/h18-19H,5-17H2,1-4H3,(H,27,28,31). The summed E-state index contributed by atoms with van der Waals surface area (Å²) < 4.78 is 0. The minimum absolute atomic E-state index is 0.0262. The SMILES string of the molecule is CC1Cc2c(nc(N(CCN3CCCC3)CC3CCCCC3)[nH]c2=O)C(C(C)(C)C)=N1. The Hall–Kier alpha value is -1.69. The molecule has 6 heteroatoms. The van der Waals surface area contributed by atoms with Crippen molar-refractivity contribution in [2.45, 2.75) is 85.1 Å². The van der Waals surface area contributed by atoms with Crippen LogP contribution in [0.3, 0.4) is 0 Å². The maximum atomic E-state index is 13.2. The van der Waals surface area contributed by atoms with E-state index in [0.717, 1.165) is 42.6 Å². The largest absolute Gasteiger partial charge is 0.341 e. The van der Waals surface area contributed by atoms with E-state index in [1.807, 2.05) is 0 Å². The number of nitrogens with zero attached hydrogens (tertiary/aromatic N) is 4. The van der Waals surface area contributed by atoms with E-state index in [2.05, 4.69) is 42.5 Å². The van der Waals surface area contributed by atoms with Gasteiger partial charge in [-0.15, -0.1) is 0 Å². The summed E-state index contributed by atoms with van der Waals surface area (Å²) in [5.41, 5.74) is 2.52. The number of hydrogen-bond acceptors (Lipinski definition) is 5. The summed E-state index contributed by atoms with van der Waals surface area (Å²) in [7, 11) is 0. The van der Waals surface area contributed by atoms with Crippen LogP contribution in [-0.2, 0) is 6.42 Å². The van der Waals surface area contributed by atoms with Gasteiger partial charge in [-0.2, -0.15) is 0 Å². The quantitative estimate of drug-likeness (QED) is 0.744. The van der Waals surface area contributed by atoms with Crippen LogP contribution in [0.15, 0.2) is 9.79 Å². The summed E-state index contributed by atoms with van der Waals surface area (Å²) in [6.45, 7) is 14.0. The van der Waals surface area contributed by atoms with Crippen LogP contribution in [-0.4, -0.2) is 59.3 Å². The summed E-state index contributed by atoms with van der Waals surface area (Å²) in [6.07, 6.45) is 9.90. The van der Waals surface area contributed by atoms with Crippen LogP contribution in [0.1, 0.15) is 83.9 Å². The Morgan fingerprint density at radius 2 is 1.81 bits per heavy atom. The first-order valence-corrected chi connectivity index (χ1v) is 12.5. The average Bonchev–Trinajstić information content (AvgIpc) is 3.25. The first-order valence-electron chi connectivity index (χ1n) is 12.5. The molecule has 2 fully saturated rings. The highest BCUT2D eigenvalue weighted by Gasteiger charge is 2.32. The number of hydrogen-bond donors (Lipinski definition) is 1. The van der Waals surface area contributed by atoms with Gasteiger partial charge in [0, 0.05) is 37.0 Å². The first-order chi connectivity index (χ1) is 14.8. The molecular weight excluding hydrogens is 386 g/mol. The van der Waals surface area contributed by atoms with Gasteiger partial charge in [0.1, 0.15) is 0 Å². The number of fused-ring (bicyclic) bond motifs is 1. The molecule has 0 spiro atoms. The molecular formula is C25H41N5O. The van der Waals surface area contributed by atoms with Crippen LogP contribution in [0.5, 0.6) is 0 Å². The fraction of sp³-hybridized carbons (Fsp3) is 0.800. The van der Waals surface area contributed by atoms with Crippen molar-refractivity contribution in [1.29, 1.82) is 0 Å². The van der Waals surface area contributed by atoms with Gasteiger partial charge in [0.15, 0.2) is 0 Å². The van der Waals surface area contributed by atoms with Crippen molar-refractivity contribution in [2.24, 2.45) is 16.3 Å². The van der Waals surface area contributed by atoms with Crippen LogP contribution < -0.4 is 10.5 Å². The number of anilines is 1. The molecule has 1 saturated carbocycles. The predicted octanol–water partition coefficient (Wildman–Crippen LogP) is 4.03. The Bertz CT molecular complexity index is 840. The van der Waals surface area contributed by atoms with E-state index in [0.29, 0.717) is 12.3 Å². The van der Waals surface area contributed by atoms with Gasteiger partial charge in [-0.25, -0.2) is 4.98 Å². The molecule has 3 heterocycles. The highest BCUT2D eigenvalue weighted by Crippen LogP contribution is 2.29. The minimum atomic E-state index is -0.134. The minimum Gasteiger partial charge on any atom is -0.341 e. The highest BCUT2D eigenvalue weighted by molar-refractivity contribution is 6.04. The molecule has 1 saturated heterocycles. The van der Waals surface area contributed by atoms with E-state index < -0.39 is 0 Å². The van der Waals surface area contributed by atoms with Crippen LogP contribution in [0, 0.1) is 11.3 Å². The van der Waals surface area contributed by atoms with E-state index in [1.54, 1.807) is 0 Å². The van der Waals surface area contributed by atoms with E-state index in [-0.39, 0.29) is 17.0 Å². The van der Waals surface area contributed by atoms with E-state index in [1.165, 1.54) is 58.0 Å². The molecule has 1 aromatic rings. The number of H-pyrrole nitrogens is 1. The average molecular weight is 428 g/mol. The monoisotopic (exact) mass is 427 g/mol. The Balaban J connectivity index is 1.64. The lowest BCUT2D eigenvalue weighted by Crippen LogP contribution is -2.41. The number of aliphatic imine (C=N–C) groups is 1. The Morgan fingerprint density at radius 3 is 2.48 bits per heavy atom. The van der Waals surface area contributed by atoms with Crippen molar-refractivity contribution in [1.82, 2.24) is 14.9 Å². The molecule has 1 N–H and O–H groups in total. The molecule has 31 heavy (non-hydrogen) atoms. The molecule has 2 aliphatic heterocycles. The van der Waals surface area contributed by atoms with Crippen LogP contribution in [0.4, 0.5) is 5.95 Å². The summed E-state index contributed by atoms with van der Waals surface area (Å²) in [4.78, 5) is 31.3. The zero-order chi connectivity index (χ0) is 22.0. The topological polar surface area (TPSA) is 64.6 Å². The van der Waals surface area contributed by atoms with Gasteiger partial charge in [-0.1, -0.05) is 40.0 Å². The van der Waals surface area contributed by atoms with Crippen molar-refractivity contribution in [3.8, 4) is 0 Å². The molecule has 172 valence electrons. The second-order valence-electron chi connectivity index (χ2n) is 11.0. The number of likely N-dealkylation sites (tertiary alicyclic amines) is 1. The number of aromatic amines is 1. The van der Waals surface area contributed by atoms with Gasteiger partial charge in [0.2, 0.25) is 5.95 Å². The molecule has 3 aliphatic rings. The summed E-state index contributed by atoms with van der Waals surface area (Å²) in [6, 6.07) is 0.129. The molecule has 1 aromatic heterocycles. The third-order valence-corrected chi connectivity index (χ3v) is 7.17. The smallest absolute Gasteiger partial charge is 0.256 e. The number of nitrogens with one attached hydrogen (secondary N) is 1. The Morgan fingerprint density at radius 1 is 1.10 bits per heavy atom. The van der Waals surface area contributed by atoms with Crippen LogP contribution >= 0.6 is 0 Å². The molecule has 4 rings (SSSR count). The molecule has 6 nitrogen and oxygen atoms in total. The third kappa shape index (κ3) is 5.39. The number of rotatable bonds is 6. The van der Waals surface area contributed by atoms with Crippen LogP contribution in [0.2, 0.25) is 0 Å². The molecule has 1 aliphatic carbocycles. The third-order valence-electron chi connectivity index (χ3n) is 7.17. The number of aromatic nitrogens is 2. The maximum absolute atomic E-state index is 13.2. The van der Waals surface area contributed by atoms with Gasteiger partial charge < -0.3 is 9.80 Å². The maximum Gasteiger partial charge on any atom is 0.256 e. The van der Waals surface area contributed by atoms with E-state index in [4.69, 9.17) is 9.98 Å². The van der Waals surface area contributed by atoms with Gasteiger partial charge >= 0.3 is 0 Å². The van der Waals surface area contributed by atoms with Crippen molar-refractivity contribution in [3.05, 3.63) is 21.6 Å². The van der Waals surface area contributed by atoms with Crippen LogP contribution in [0.25, 0.3) is 0 Å². The highest BCUT2D eigenvalue weighted by atomic mass is 16.1. The summed E-state index contributed by atoms with van der Waals surface area (Å²) in [5, 5.41) is 0. The lowest BCUT2D eigenvalue weighted by Gasteiger charge is -2.33. The lowest BCUT2D eigenvalue weighted by atomic mass is 9.83. The summed E-state index contributed by atoms with van der Waals surface area (Å²) >= 11 is 0. The normalized spacial score (nSPS) is 23.0. The van der Waals surface area contributed by atoms with Crippen molar-refractivity contribution >= 4 is 11.7 Å². The fourth-order valence-electron chi connectivity index (χ4n) is 5.43. The molecule has 0 amide bonds. The fourth-order valence-corrected chi connectivity index (χ4v) is 5.43. The second kappa shape index (κ2) is 9.43. The molecule has 1 unspecified atom stereocenters.